The van der Waals surface area contributed by atoms with Gasteiger partial charge >= 0.3 is 0 Å². The highest BCUT2D eigenvalue weighted by molar-refractivity contribution is 7.89. The van der Waals surface area contributed by atoms with Crippen LogP contribution in [0.1, 0.15) is 22.7 Å². The van der Waals surface area contributed by atoms with E-state index in [1.54, 1.807) is 24.3 Å². The van der Waals surface area contributed by atoms with E-state index in [4.69, 9.17) is 27.8 Å². The number of nitrogens with two attached hydrogens (primary N) is 2. The second-order valence-electron chi connectivity index (χ2n) is 7.58. The smallest absolute Gasteiger partial charge is 0.244 e. The molecule has 3 rings (SSSR count). The highest BCUT2D eigenvalue weighted by atomic mass is 35.5. The van der Waals surface area contributed by atoms with Gasteiger partial charge in [0.25, 0.3) is 0 Å². The van der Waals surface area contributed by atoms with Crippen molar-refractivity contribution in [2.24, 2.45) is 11.5 Å². The minimum atomic E-state index is -4.41. The molecule has 1 atom stereocenters. The minimum absolute atomic E-state index is 0.193. The molecule has 1 amide bonds. The lowest BCUT2D eigenvalue weighted by Gasteiger charge is -2.29. The largest absolute Gasteiger partial charge is 0.464 e. The molecule has 0 aliphatic rings. The van der Waals surface area contributed by atoms with E-state index in [0.717, 1.165) is 16.4 Å². The van der Waals surface area contributed by atoms with E-state index in [0.29, 0.717) is 28.0 Å². The van der Waals surface area contributed by atoms with Crippen LogP contribution in [0.15, 0.2) is 90.7 Å². The number of carbonyl (C=O) groups excluding carboxylic acids is 1. The summed E-state index contributed by atoms with van der Waals surface area (Å²) in [6, 6.07) is 12.3. The number of rotatable bonds is 10. The van der Waals surface area contributed by atoms with E-state index in [-0.39, 0.29) is 17.0 Å². The third-order valence-corrected chi connectivity index (χ3v) is 7.16. The number of halogens is 3. The average molecular weight is 534 g/mol. The molecule has 36 heavy (non-hydrogen) atoms. The number of ether oxygens (including phenoxy) is 1. The van der Waals surface area contributed by atoms with E-state index in [2.05, 4.69) is 6.58 Å². The van der Waals surface area contributed by atoms with Crippen molar-refractivity contribution in [2.75, 3.05) is 0 Å². The molecule has 0 saturated carbocycles. The number of sulfonamides is 1. The molecular formula is C25H22ClF2N3O4S. The quantitative estimate of drug-likeness (QED) is 0.373. The van der Waals surface area contributed by atoms with Crippen molar-refractivity contribution in [2.45, 2.75) is 17.5 Å². The summed E-state index contributed by atoms with van der Waals surface area (Å²) in [7, 11) is -4.41. The SMILES string of the molecule is C=C(O/C=C\N)c1ccc(CN(C(C(N)=O)c2cc(F)cc(F)c2)S(=O)(=O)c2ccc(Cl)cc2)cc1. The zero-order valence-corrected chi connectivity index (χ0v) is 20.3. The predicted molar refractivity (Wildman–Crippen MR) is 132 cm³/mol. The second-order valence-corrected chi connectivity index (χ2v) is 9.91. The third-order valence-electron chi connectivity index (χ3n) is 5.08. The van der Waals surface area contributed by atoms with Crippen LogP contribution in [0.5, 0.6) is 0 Å². The molecule has 0 bridgehead atoms. The van der Waals surface area contributed by atoms with Crippen LogP contribution in [0.2, 0.25) is 5.02 Å². The minimum Gasteiger partial charge on any atom is -0.464 e. The van der Waals surface area contributed by atoms with E-state index < -0.39 is 33.6 Å². The lowest BCUT2D eigenvalue weighted by atomic mass is 10.0. The van der Waals surface area contributed by atoms with Crippen LogP contribution < -0.4 is 11.5 Å². The molecule has 0 aromatic heterocycles. The molecule has 0 heterocycles. The topological polar surface area (TPSA) is 116 Å². The van der Waals surface area contributed by atoms with Crippen LogP contribution in [0.25, 0.3) is 5.76 Å². The van der Waals surface area contributed by atoms with Crippen molar-refractivity contribution in [1.29, 1.82) is 0 Å². The predicted octanol–water partition coefficient (Wildman–Crippen LogP) is 4.45. The van der Waals surface area contributed by atoms with Crippen LogP contribution >= 0.6 is 11.6 Å². The summed E-state index contributed by atoms with van der Waals surface area (Å²) in [6.07, 6.45) is 2.44. The molecule has 0 saturated heterocycles. The Morgan fingerprint density at radius 3 is 2.17 bits per heavy atom. The van der Waals surface area contributed by atoms with Crippen molar-refractivity contribution >= 4 is 33.3 Å². The molecule has 0 spiro atoms. The Bertz CT molecular complexity index is 1380. The first kappa shape index (κ1) is 26.9. The van der Waals surface area contributed by atoms with Gasteiger partial charge in [0.2, 0.25) is 15.9 Å². The zero-order chi connectivity index (χ0) is 26.5. The molecule has 3 aromatic rings. The summed E-state index contributed by atoms with van der Waals surface area (Å²) in [5.41, 5.74) is 11.6. The number of primary amides is 1. The molecule has 11 heteroatoms. The number of nitrogens with zero attached hydrogens (tertiary/aromatic N) is 1. The lowest BCUT2D eigenvalue weighted by molar-refractivity contribution is -0.122. The third kappa shape index (κ3) is 6.28. The van der Waals surface area contributed by atoms with Crippen molar-refractivity contribution in [3.05, 3.63) is 119 Å². The summed E-state index contributed by atoms with van der Waals surface area (Å²) < 4.78 is 61.3. The highest BCUT2D eigenvalue weighted by Gasteiger charge is 2.36. The van der Waals surface area contributed by atoms with Gasteiger partial charge in [-0.3, -0.25) is 4.79 Å². The first-order valence-electron chi connectivity index (χ1n) is 10.4. The molecule has 0 aliphatic carbocycles. The van der Waals surface area contributed by atoms with E-state index >= 15 is 0 Å². The van der Waals surface area contributed by atoms with Gasteiger partial charge in [-0.2, -0.15) is 4.31 Å². The van der Waals surface area contributed by atoms with Gasteiger partial charge in [-0.15, -0.1) is 0 Å². The van der Waals surface area contributed by atoms with Crippen LogP contribution in [0, 0.1) is 11.6 Å². The molecule has 3 aromatic carbocycles. The Morgan fingerprint density at radius 1 is 1.06 bits per heavy atom. The molecule has 0 aliphatic heterocycles. The molecule has 7 nitrogen and oxygen atoms in total. The lowest BCUT2D eigenvalue weighted by Crippen LogP contribution is -2.41. The van der Waals surface area contributed by atoms with Crippen molar-refractivity contribution < 1.29 is 26.7 Å². The monoisotopic (exact) mass is 533 g/mol. The number of hydrogen-bond acceptors (Lipinski definition) is 5. The number of amides is 1. The van der Waals surface area contributed by atoms with E-state index in [1.807, 2.05) is 0 Å². The Kier molecular flexibility index (Phi) is 8.46. The van der Waals surface area contributed by atoms with Crippen LogP contribution in [-0.4, -0.2) is 18.6 Å². The molecule has 1 unspecified atom stereocenters. The van der Waals surface area contributed by atoms with Gasteiger partial charge in [0.15, 0.2) is 0 Å². The fraction of sp³-hybridized carbons (Fsp3) is 0.0800. The maximum Gasteiger partial charge on any atom is 0.244 e. The number of benzene rings is 3. The van der Waals surface area contributed by atoms with Gasteiger partial charge in [0.05, 0.1) is 4.90 Å². The van der Waals surface area contributed by atoms with E-state index in [9.17, 15) is 22.0 Å². The van der Waals surface area contributed by atoms with Gasteiger partial charge in [0.1, 0.15) is 29.7 Å². The summed E-state index contributed by atoms with van der Waals surface area (Å²) in [6.45, 7) is 3.41. The maximum absolute atomic E-state index is 14.0. The number of carbonyl (C=O) groups is 1. The van der Waals surface area contributed by atoms with Crippen molar-refractivity contribution in [3.63, 3.8) is 0 Å². The molecule has 0 fully saturated rings. The maximum atomic E-state index is 14.0. The standard InChI is InChI=1S/C25H22ClF2N3O4S/c1-16(35-11-10-29)18-4-2-17(3-5-18)15-31(36(33,34)23-8-6-20(26)7-9-23)24(25(30)32)19-12-21(27)14-22(28)13-19/h2-14,24H,1,15,29H2,(H2,30,32)/b11-10-. The zero-order valence-electron chi connectivity index (χ0n) is 18.8. The normalized spacial score (nSPS) is 12.6. The Labute approximate surface area is 212 Å². The average Bonchev–Trinajstić information content (AvgIpc) is 2.82. The molecular weight excluding hydrogens is 512 g/mol. The van der Waals surface area contributed by atoms with Crippen molar-refractivity contribution in [3.8, 4) is 0 Å². The summed E-state index contributed by atoms with van der Waals surface area (Å²) in [5.74, 6) is -2.81. The van der Waals surface area contributed by atoms with Gasteiger partial charge in [-0.05, 0) is 47.5 Å². The van der Waals surface area contributed by atoms with Crippen LogP contribution in [0.4, 0.5) is 8.78 Å². The first-order chi connectivity index (χ1) is 17.0. The van der Waals surface area contributed by atoms with Crippen molar-refractivity contribution in [1.82, 2.24) is 4.31 Å². The summed E-state index contributed by atoms with van der Waals surface area (Å²) in [5, 5.41) is 0.293. The van der Waals surface area contributed by atoms with Gasteiger partial charge in [0, 0.05) is 29.4 Å². The Balaban J connectivity index is 2.09. The Hall–Kier alpha value is -3.73. The van der Waals surface area contributed by atoms with Gasteiger partial charge < -0.3 is 16.2 Å². The highest BCUT2D eigenvalue weighted by Crippen LogP contribution is 2.31. The molecule has 4 N–H and O–H groups in total. The first-order valence-corrected chi connectivity index (χ1v) is 12.2. The van der Waals surface area contributed by atoms with Gasteiger partial charge in [-0.25, -0.2) is 17.2 Å². The molecule has 0 radical (unpaired) electrons. The second kappa shape index (κ2) is 11.3. The van der Waals surface area contributed by atoms with Crippen LogP contribution in [0.3, 0.4) is 0 Å². The fourth-order valence-corrected chi connectivity index (χ4v) is 5.13. The summed E-state index contributed by atoms with van der Waals surface area (Å²) >= 11 is 5.89. The van der Waals surface area contributed by atoms with E-state index in [1.165, 1.54) is 36.7 Å². The van der Waals surface area contributed by atoms with Gasteiger partial charge in [-0.1, -0.05) is 42.4 Å². The fourth-order valence-electron chi connectivity index (χ4n) is 3.43. The van der Waals surface area contributed by atoms with Crippen LogP contribution in [-0.2, 0) is 26.1 Å². The Morgan fingerprint density at radius 2 is 1.64 bits per heavy atom. The summed E-state index contributed by atoms with van der Waals surface area (Å²) in [4.78, 5) is 12.3. The molecule has 188 valence electrons. The number of hydrogen-bond donors (Lipinski definition) is 2.